The lowest BCUT2D eigenvalue weighted by molar-refractivity contribution is 0.533. The Bertz CT molecular complexity index is 502. The number of aryl methyl sites for hydroxylation is 2. The van der Waals surface area contributed by atoms with Crippen LogP contribution in [0.2, 0.25) is 0 Å². The minimum atomic E-state index is 0.335. The molecule has 3 heteroatoms. The summed E-state index contributed by atoms with van der Waals surface area (Å²) in [4.78, 5) is 0. The average molecular weight is 243 g/mol. The second kappa shape index (κ2) is 5.83. The van der Waals surface area contributed by atoms with Crippen molar-refractivity contribution in [2.45, 2.75) is 26.3 Å². The van der Waals surface area contributed by atoms with Crippen LogP contribution in [0.5, 0.6) is 0 Å². The van der Waals surface area contributed by atoms with Crippen molar-refractivity contribution in [2.75, 3.05) is 6.54 Å². The Morgan fingerprint density at radius 2 is 2.17 bits per heavy atom. The maximum Gasteiger partial charge on any atom is 0.0547 e. The lowest BCUT2D eigenvalue weighted by atomic mass is 10.1. The van der Waals surface area contributed by atoms with E-state index in [2.05, 4.69) is 54.6 Å². The summed E-state index contributed by atoms with van der Waals surface area (Å²) in [6.07, 6.45) is 2.90. The molecule has 0 spiro atoms. The third-order valence-corrected chi connectivity index (χ3v) is 3.25. The molecule has 0 saturated heterocycles. The highest BCUT2D eigenvalue weighted by atomic mass is 15.3. The Labute approximate surface area is 109 Å². The maximum atomic E-state index is 4.19. The van der Waals surface area contributed by atoms with Gasteiger partial charge in [-0.1, -0.05) is 29.8 Å². The third-order valence-electron chi connectivity index (χ3n) is 3.25. The van der Waals surface area contributed by atoms with Crippen LogP contribution in [0.4, 0.5) is 0 Å². The number of nitrogens with zero attached hydrogens (tertiary/aromatic N) is 2. The minimum absolute atomic E-state index is 0.335. The Kier molecular flexibility index (Phi) is 4.15. The second-order valence-electron chi connectivity index (χ2n) is 4.79. The van der Waals surface area contributed by atoms with E-state index in [1.165, 1.54) is 16.8 Å². The van der Waals surface area contributed by atoms with Gasteiger partial charge in [-0.2, -0.15) is 5.10 Å². The first kappa shape index (κ1) is 12.8. The fourth-order valence-electron chi connectivity index (χ4n) is 2.21. The molecule has 1 heterocycles. The van der Waals surface area contributed by atoms with E-state index in [4.69, 9.17) is 0 Å². The number of aromatic nitrogens is 2. The van der Waals surface area contributed by atoms with Gasteiger partial charge in [-0.25, -0.2) is 0 Å². The van der Waals surface area contributed by atoms with Gasteiger partial charge in [0.15, 0.2) is 0 Å². The largest absolute Gasteiger partial charge is 0.309 e. The quantitative estimate of drug-likeness (QED) is 0.875. The van der Waals surface area contributed by atoms with Crippen molar-refractivity contribution >= 4 is 0 Å². The second-order valence-corrected chi connectivity index (χ2v) is 4.79. The summed E-state index contributed by atoms with van der Waals surface area (Å²) in [5.41, 5.74) is 3.94. The number of hydrogen-bond donors (Lipinski definition) is 1. The van der Waals surface area contributed by atoms with Crippen LogP contribution in [0.15, 0.2) is 36.5 Å². The molecule has 1 N–H and O–H groups in total. The molecule has 1 atom stereocenters. The molecule has 0 aliphatic rings. The summed E-state index contributed by atoms with van der Waals surface area (Å²) < 4.78 is 1.92. The standard InChI is InChI=1S/C15H21N3/c1-12-5-4-6-14(11-12)7-9-16-13(2)15-8-10-17-18(15)3/h4-6,8,10-11,13,16H,7,9H2,1-3H3. The lowest BCUT2D eigenvalue weighted by Gasteiger charge is -2.14. The molecule has 2 aromatic rings. The monoisotopic (exact) mass is 243 g/mol. The Morgan fingerprint density at radius 1 is 1.33 bits per heavy atom. The lowest BCUT2D eigenvalue weighted by Crippen LogP contribution is -2.23. The van der Waals surface area contributed by atoms with E-state index >= 15 is 0 Å². The van der Waals surface area contributed by atoms with Crippen LogP contribution in [0, 0.1) is 6.92 Å². The summed E-state index contributed by atoms with van der Waals surface area (Å²) in [7, 11) is 1.98. The summed E-state index contributed by atoms with van der Waals surface area (Å²) in [5, 5.41) is 7.73. The normalized spacial score (nSPS) is 12.6. The van der Waals surface area contributed by atoms with Gasteiger partial charge in [-0.15, -0.1) is 0 Å². The first-order valence-electron chi connectivity index (χ1n) is 6.43. The highest BCUT2D eigenvalue weighted by molar-refractivity contribution is 5.22. The van der Waals surface area contributed by atoms with Crippen molar-refractivity contribution in [1.82, 2.24) is 15.1 Å². The summed E-state index contributed by atoms with van der Waals surface area (Å²) >= 11 is 0. The summed E-state index contributed by atoms with van der Waals surface area (Å²) in [6.45, 7) is 5.29. The number of hydrogen-bond acceptors (Lipinski definition) is 2. The third kappa shape index (κ3) is 3.20. The van der Waals surface area contributed by atoms with Crippen molar-refractivity contribution in [3.63, 3.8) is 0 Å². The van der Waals surface area contributed by atoms with E-state index in [1.807, 2.05) is 17.9 Å². The molecule has 0 amide bonds. The fourth-order valence-corrected chi connectivity index (χ4v) is 2.21. The van der Waals surface area contributed by atoms with Gasteiger partial charge in [-0.05, 0) is 38.4 Å². The summed E-state index contributed by atoms with van der Waals surface area (Å²) in [6, 6.07) is 11.1. The first-order chi connectivity index (χ1) is 8.66. The number of benzene rings is 1. The van der Waals surface area contributed by atoms with E-state index in [1.54, 1.807) is 0 Å². The van der Waals surface area contributed by atoms with Crippen LogP contribution in [0.3, 0.4) is 0 Å². The van der Waals surface area contributed by atoms with Gasteiger partial charge in [0.1, 0.15) is 0 Å². The number of nitrogens with one attached hydrogen (secondary N) is 1. The van der Waals surface area contributed by atoms with Crippen LogP contribution in [0.25, 0.3) is 0 Å². The molecular formula is C15H21N3. The zero-order valence-corrected chi connectivity index (χ0v) is 11.4. The van der Waals surface area contributed by atoms with Gasteiger partial charge in [0.05, 0.1) is 5.69 Å². The molecular weight excluding hydrogens is 222 g/mol. The molecule has 0 saturated carbocycles. The van der Waals surface area contributed by atoms with Crippen molar-refractivity contribution in [3.8, 4) is 0 Å². The van der Waals surface area contributed by atoms with Crippen LogP contribution in [-0.2, 0) is 13.5 Å². The predicted octanol–water partition coefficient (Wildman–Crippen LogP) is 2.62. The van der Waals surface area contributed by atoms with Crippen molar-refractivity contribution in [1.29, 1.82) is 0 Å². The zero-order chi connectivity index (χ0) is 13.0. The van der Waals surface area contributed by atoms with Crippen molar-refractivity contribution in [3.05, 3.63) is 53.3 Å². The van der Waals surface area contributed by atoms with E-state index < -0.39 is 0 Å². The van der Waals surface area contributed by atoms with E-state index in [0.717, 1.165) is 13.0 Å². The molecule has 1 aromatic heterocycles. The molecule has 0 bridgehead atoms. The Hall–Kier alpha value is -1.61. The van der Waals surface area contributed by atoms with Crippen molar-refractivity contribution in [2.24, 2.45) is 7.05 Å². The topological polar surface area (TPSA) is 29.9 Å². The molecule has 3 nitrogen and oxygen atoms in total. The molecule has 0 aliphatic heterocycles. The highest BCUT2D eigenvalue weighted by Gasteiger charge is 2.07. The summed E-state index contributed by atoms with van der Waals surface area (Å²) in [5.74, 6) is 0. The van der Waals surface area contributed by atoms with Gasteiger partial charge in [-0.3, -0.25) is 4.68 Å². The molecule has 0 aliphatic carbocycles. The van der Waals surface area contributed by atoms with Crippen LogP contribution in [-0.4, -0.2) is 16.3 Å². The SMILES string of the molecule is Cc1cccc(CCNC(C)c2ccnn2C)c1. The molecule has 2 rings (SSSR count). The van der Waals surface area contributed by atoms with Gasteiger partial charge >= 0.3 is 0 Å². The van der Waals surface area contributed by atoms with Gasteiger partial charge in [0.2, 0.25) is 0 Å². The molecule has 18 heavy (non-hydrogen) atoms. The highest BCUT2D eigenvalue weighted by Crippen LogP contribution is 2.10. The van der Waals surface area contributed by atoms with Gasteiger partial charge < -0.3 is 5.32 Å². The molecule has 96 valence electrons. The van der Waals surface area contributed by atoms with E-state index in [0.29, 0.717) is 6.04 Å². The fraction of sp³-hybridized carbons (Fsp3) is 0.400. The maximum absolute atomic E-state index is 4.19. The Morgan fingerprint density at radius 3 is 2.83 bits per heavy atom. The zero-order valence-electron chi connectivity index (χ0n) is 11.4. The van der Waals surface area contributed by atoms with E-state index in [-0.39, 0.29) is 0 Å². The first-order valence-corrected chi connectivity index (χ1v) is 6.43. The number of rotatable bonds is 5. The molecule has 0 fully saturated rings. The van der Waals surface area contributed by atoms with Crippen LogP contribution >= 0.6 is 0 Å². The van der Waals surface area contributed by atoms with Crippen LogP contribution < -0.4 is 5.32 Å². The van der Waals surface area contributed by atoms with E-state index in [9.17, 15) is 0 Å². The molecule has 0 radical (unpaired) electrons. The molecule has 1 aromatic carbocycles. The van der Waals surface area contributed by atoms with Crippen LogP contribution in [0.1, 0.15) is 29.8 Å². The Balaban J connectivity index is 1.84. The predicted molar refractivity (Wildman–Crippen MR) is 74.5 cm³/mol. The smallest absolute Gasteiger partial charge is 0.0547 e. The van der Waals surface area contributed by atoms with Gasteiger partial charge in [0, 0.05) is 19.3 Å². The average Bonchev–Trinajstić information content (AvgIpc) is 2.75. The van der Waals surface area contributed by atoms with Gasteiger partial charge in [0.25, 0.3) is 0 Å². The molecule has 1 unspecified atom stereocenters. The van der Waals surface area contributed by atoms with Crippen molar-refractivity contribution < 1.29 is 0 Å². The minimum Gasteiger partial charge on any atom is -0.309 e.